The van der Waals surface area contributed by atoms with Crippen molar-refractivity contribution in [1.82, 2.24) is 0 Å². The first-order valence-electron chi connectivity index (χ1n) is 6.93. The van der Waals surface area contributed by atoms with Gasteiger partial charge in [-0.2, -0.15) is 0 Å². The molecule has 0 aromatic carbocycles. The lowest BCUT2D eigenvalue weighted by atomic mass is 10.1. The van der Waals surface area contributed by atoms with Gasteiger partial charge in [0.2, 0.25) is 0 Å². The monoisotopic (exact) mass is 236 g/mol. The van der Waals surface area contributed by atoms with Crippen molar-refractivity contribution >= 4 is 0 Å². The first kappa shape index (κ1) is 16.0. The van der Waals surface area contributed by atoms with E-state index in [0.717, 1.165) is 0 Å². The van der Waals surface area contributed by atoms with Crippen molar-refractivity contribution in [2.45, 2.75) is 58.3 Å². The molecule has 0 aromatic heterocycles. The van der Waals surface area contributed by atoms with Gasteiger partial charge in [0.25, 0.3) is 0 Å². The molecule has 0 unspecified atom stereocenters. The zero-order valence-corrected chi connectivity index (χ0v) is 11.5. The SMILES string of the molecule is CCCCCCCCCC=CC=CC=COC. The van der Waals surface area contributed by atoms with Crippen LogP contribution in [0.4, 0.5) is 0 Å². The second-order valence-corrected chi connectivity index (χ2v) is 4.29. The molecule has 1 heteroatoms. The molecular weight excluding hydrogens is 208 g/mol. The van der Waals surface area contributed by atoms with E-state index in [9.17, 15) is 0 Å². The van der Waals surface area contributed by atoms with E-state index in [0.29, 0.717) is 0 Å². The first-order valence-corrected chi connectivity index (χ1v) is 6.93. The van der Waals surface area contributed by atoms with Crippen LogP contribution in [-0.2, 0) is 4.74 Å². The van der Waals surface area contributed by atoms with Crippen LogP contribution in [0, 0.1) is 0 Å². The number of methoxy groups -OCH3 is 1. The maximum atomic E-state index is 4.79. The molecule has 0 atom stereocenters. The van der Waals surface area contributed by atoms with Crippen LogP contribution in [0.25, 0.3) is 0 Å². The maximum Gasteiger partial charge on any atom is 0.0824 e. The van der Waals surface area contributed by atoms with Crippen LogP contribution in [0.3, 0.4) is 0 Å². The Kier molecular flexibility index (Phi) is 14.2. The molecule has 0 aliphatic carbocycles. The standard InChI is InChI=1S/C16H28O/c1-3-4-5-6-7-8-9-10-11-12-13-14-15-16-17-2/h11-16H,3-10H2,1-2H3. The van der Waals surface area contributed by atoms with Crippen molar-refractivity contribution in [2.75, 3.05) is 7.11 Å². The molecule has 98 valence electrons. The molecule has 0 aliphatic rings. The molecule has 0 amide bonds. The van der Waals surface area contributed by atoms with Gasteiger partial charge in [-0.15, -0.1) is 0 Å². The number of allylic oxidation sites excluding steroid dienone is 5. The fourth-order valence-corrected chi connectivity index (χ4v) is 1.65. The van der Waals surface area contributed by atoms with Gasteiger partial charge in [-0.25, -0.2) is 0 Å². The second-order valence-electron chi connectivity index (χ2n) is 4.29. The third kappa shape index (κ3) is 15.0. The molecule has 0 saturated carbocycles. The summed E-state index contributed by atoms with van der Waals surface area (Å²) in [5.74, 6) is 0. The van der Waals surface area contributed by atoms with Crippen molar-refractivity contribution in [2.24, 2.45) is 0 Å². The second kappa shape index (κ2) is 15.0. The van der Waals surface area contributed by atoms with Crippen LogP contribution < -0.4 is 0 Å². The van der Waals surface area contributed by atoms with E-state index in [1.807, 2.05) is 18.2 Å². The van der Waals surface area contributed by atoms with Crippen molar-refractivity contribution in [3.63, 3.8) is 0 Å². The fourth-order valence-electron chi connectivity index (χ4n) is 1.65. The maximum absolute atomic E-state index is 4.79. The number of unbranched alkanes of at least 4 members (excludes halogenated alkanes) is 7. The quantitative estimate of drug-likeness (QED) is 0.265. The van der Waals surface area contributed by atoms with Crippen LogP contribution in [0.1, 0.15) is 58.3 Å². The average molecular weight is 236 g/mol. The molecule has 0 aromatic rings. The topological polar surface area (TPSA) is 9.23 Å². The molecular formula is C16H28O. The van der Waals surface area contributed by atoms with Crippen LogP contribution in [0.5, 0.6) is 0 Å². The minimum absolute atomic E-state index is 1.20. The molecule has 0 spiro atoms. The summed E-state index contributed by atoms with van der Waals surface area (Å²) in [4.78, 5) is 0. The van der Waals surface area contributed by atoms with Gasteiger partial charge in [0, 0.05) is 0 Å². The van der Waals surface area contributed by atoms with Crippen molar-refractivity contribution < 1.29 is 4.74 Å². The van der Waals surface area contributed by atoms with Crippen molar-refractivity contribution in [3.8, 4) is 0 Å². The Balaban J connectivity index is 3.19. The Bertz CT molecular complexity index is 214. The number of rotatable bonds is 11. The van der Waals surface area contributed by atoms with E-state index in [1.54, 1.807) is 13.4 Å². The molecule has 17 heavy (non-hydrogen) atoms. The lowest BCUT2D eigenvalue weighted by Crippen LogP contribution is -1.78. The number of hydrogen-bond donors (Lipinski definition) is 0. The summed E-state index contributed by atoms with van der Waals surface area (Å²) in [6.07, 6.45) is 22.8. The van der Waals surface area contributed by atoms with Crippen LogP contribution in [0.2, 0.25) is 0 Å². The lowest BCUT2D eigenvalue weighted by Gasteiger charge is -1.98. The highest BCUT2D eigenvalue weighted by atomic mass is 16.5. The number of hydrogen-bond acceptors (Lipinski definition) is 1. The zero-order chi connectivity index (χ0) is 12.6. The van der Waals surface area contributed by atoms with E-state index in [-0.39, 0.29) is 0 Å². The smallest absolute Gasteiger partial charge is 0.0824 e. The molecule has 0 aliphatic heterocycles. The van der Waals surface area contributed by atoms with E-state index in [2.05, 4.69) is 19.1 Å². The molecule has 1 nitrogen and oxygen atoms in total. The van der Waals surface area contributed by atoms with E-state index in [4.69, 9.17) is 4.74 Å². The van der Waals surface area contributed by atoms with Gasteiger partial charge in [-0.05, 0) is 18.9 Å². The van der Waals surface area contributed by atoms with Gasteiger partial charge in [-0.1, -0.05) is 69.8 Å². The van der Waals surface area contributed by atoms with Crippen LogP contribution in [0.15, 0.2) is 36.6 Å². The summed E-state index contributed by atoms with van der Waals surface area (Å²) < 4.78 is 4.79. The Labute approximate surface area is 107 Å². The Morgan fingerprint density at radius 3 is 2.12 bits per heavy atom. The Morgan fingerprint density at radius 1 is 0.765 bits per heavy atom. The van der Waals surface area contributed by atoms with Gasteiger partial charge >= 0.3 is 0 Å². The van der Waals surface area contributed by atoms with E-state index >= 15 is 0 Å². The molecule has 0 radical (unpaired) electrons. The third-order valence-corrected chi connectivity index (χ3v) is 2.66. The largest absolute Gasteiger partial charge is 0.504 e. The summed E-state index contributed by atoms with van der Waals surface area (Å²) in [6.45, 7) is 2.26. The Morgan fingerprint density at radius 2 is 1.41 bits per heavy atom. The highest BCUT2D eigenvalue weighted by Gasteiger charge is 1.88. The summed E-state index contributed by atoms with van der Waals surface area (Å²) in [5.41, 5.74) is 0. The van der Waals surface area contributed by atoms with Crippen molar-refractivity contribution in [3.05, 3.63) is 36.6 Å². The Hall–Kier alpha value is -0.980. The molecule has 0 bridgehead atoms. The lowest BCUT2D eigenvalue weighted by molar-refractivity contribution is 0.338. The first-order chi connectivity index (χ1) is 8.41. The predicted molar refractivity (Wildman–Crippen MR) is 77.0 cm³/mol. The van der Waals surface area contributed by atoms with E-state index < -0.39 is 0 Å². The summed E-state index contributed by atoms with van der Waals surface area (Å²) >= 11 is 0. The highest BCUT2D eigenvalue weighted by Crippen LogP contribution is 2.08. The fraction of sp³-hybridized carbons (Fsp3) is 0.625. The minimum atomic E-state index is 1.20. The highest BCUT2D eigenvalue weighted by molar-refractivity contribution is 5.09. The number of ether oxygens (including phenoxy) is 1. The van der Waals surface area contributed by atoms with Crippen LogP contribution >= 0.6 is 0 Å². The van der Waals surface area contributed by atoms with Gasteiger partial charge in [-0.3, -0.25) is 0 Å². The van der Waals surface area contributed by atoms with Crippen molar-refractivity contribution in [1.29, 1.82) is 0 Å². The molecule has 0 saturated heterocycles. The van der Waals surface area contributed by atoms with Crippen LogP contribution in [-0.4, -0.2) is 7.11 Å². The zero-order valence-electron chi connectivity index (χ0n) is 11.5. The molecule has 0 rings (SSSR count). The summed E-state index contributed by atoms with van der Waals surface area (Å²) in [7, 11) is 1.65. The molecule has 0 fully saturated rings. The van der Waals surface area contributed by atoms with E-state index in [1.165, 1.54) is 51.4 Å². The summed E-state index contributed by atoms with van der Waals surface area (Å²) in [5, 5.41) is 0. The van der Waals surface area contributed by atoms with Gasteiger partial charge in [0.05, 0.1) is 13.4 Å². The normalized spacial score (nSPS) is 12.1. The predicted octanol–water partition coefficient (Wildman–Crippen LogP) is 5.40. The van der Waals surface area contributed by atoms with Gasteiger partial charge < -0.3 is 4.74 Å². The van der Waals surface area contributed by atoms with Gasteiger partial charge in [0.15, 0.2) is 0 Å². The molecule has 0 heterocycles. The minimum Gasteiger partial charge on any atom is -0.504 e. The average Bonchev–Trinajstić information content (AvgIpc) is 2.35. The summed E-state index contributed by atoms with van der Waals surface area (Å²) in [6, 6.07) is 0. The third-order valence-electron chi connectivity index (χ3n) is 2.66. The molecule has 0 N–H and O–H groups in total. The van der Waals surface area contributed by atoms with Gasteiger partial charge in [0.1, 0.15) is 0 Å².